The van der Waals surface area contributed by atoms with Gasteiger partial charge in [-0.25, -0.2) is 4.98 Å². The molecule has 0 spiro atoms. The zero-order valence-corrected chi connectivity index (χ0v) is 13.3. The van der Waals surface area contributed by atoms with Gasteiger partial charge in [-0.1, -0.05) is 11.6 Å². The number of benzene rings is 1. The van der Waals surface area contributed by atoms with Crippen molar-refractivity contribution in [2.45, 2.75) is 12.8 Å². The molecule has 116 valence electrons. The summed E-state index contributed by atoms with van der Waals surface area (Å²) in [5.74, 6) is 1.45. The van der Waals surface area contributed by atoms with Crippen LogP contribution in [-0.2, 0) is 0 Å². The Balaban J connectivity index is 1.63. The first-order valence-electron chi connectivity index (χ1n) is 7.73. The van der Waals surface area contributed by atoms with Gasteiger partial charge in [0.05, 0.1) is 10.9 Å². The fourth-order valence-corrected chi connectivity index (χ4v) is 3.19. The first-order valence-corrected chi connectivity index (χ1v) is 8.11. The van der Waals surface area contributed by atoms with Crippen molar-refractivity contribution >= 4 is 28.2 Å². The average molecular weight is 326 g/mol. The number of hydrogen-bond donors (Lipinski definition) is 0. The summed E-state index contributed by atoms with van der Waals surface area (Å²) in [5, 5.41) is 1.14. The Kier molecular flexibility index (Phi) is 3.75. The van der Waals surface area contributed by atoms with Crippen LogP contribution in [0.3, 0.4) is 0 Å². The van der Waals surface area contributed by atoms with Gasteiger partial charge in [0, 0.05) is 31.2 Å². The van der Waals surface area contributed by atoms with Crippen LogP contribution in [-0.4, -0.2) is 23.1 Å². The molecule has 23 heavy (non-hydrogen) atoms. The smallest absolute Gasteiger partial charge is 0.142 e. The molecule has 0 aliphatic carbocycles. The van der Waals surface area contributed by atoms with Crippen LogP contribution in [0.2, 0.25) is 5.15 Å². The highest BCUT2D eigenvalue weighted by atomic mass is 35.5. The number of ether oxygens (including phenoxy) is 1. The quantitative estimate of drug-likeness (QED) is 0.656. The van der Waals surface area contributed by atoms with E-state index in [1.54, 1.807) is 12.4 Å². The Morgan fingerprint density at radius 2 is 1.65 bits per heavy atom. The average Bonchev–Trinajstić information content (AvgIpc) is 3.10. The third kappa shape index (κ3) is 2.82. The van der Waals surface area contributed by atoms with Crippen molar-refractivity contribution in [1.82, 2.24) is 9.97 Å². The van der Waals surface area contributed by atoms with Crippen LogP contribution in [0.25, 0.3) is 10.9 Å². The van der Waals surface area contributed by atoms with Crippen molar-refractivity contribution in [2.24, 2.45) is 0 Å². The first kappa shape index (κ1) is 14.3. The molecule has 0 amide bonds. The van der Waals surface area contributed by atoms with Crippen molar-refractivity contribution < 1.29 is 4.74 Å². The van der Waals surface area contributed by atoms with Crippen LogP contribution in [0.4, 0.5) is 5.69 Å². The molecule has 3 heterocycles. The van der Waals surface area contributed by atoms with Crippen LogP contribution in [0.5, 0.6) is 11.5 Å². The maximum Gasteiger partial charge on any atom is 0.142 e. The van der Waals surface area contributed by atoms with E-state index in [0.29, 0.717) is 10.9 Å². The highest BCUT2D eigenvalue weighted by Crippen LogP contribution is 2.33. The fraction of sp³-hybridized carbons (Fsp3) is 0.222. The van der Waals surface area contributed by atoms with Crippen molar-refractivity contribution in [3.8, 4) is 11.5 Å². The largest absolute Gasteiger partial charge is 0.456 e. The molecule has 4 rings (SSSR count). The highest BCUT2D eigenvalue weighted by Gasteiger charge is 2.13. The van der Waals surface area contributed by atoms with Gasteiger partial charge >= 0.3 is 0 Å². The highest BCUT2D eigenvalue weighted by molar-refractivity contribution is 6.34. The Morgan fingerprint density at radius 1 is 0.913 bits per heavy atom. The number of nitrogens with zero attached hydrogens (tertiary/aromatic N) is 3. The summed E-state index contributed by atoms with van der Waals surface area (Å²) in [4.78, 5) is 10.8. The predicted octanol–water partition coefficient (Wildman–Crippen LogP) is 4.68. The molecule has 3 aromatic rings. The molecule has 1 aliphatic heterocycles. The van der Waals surface area contributed by atoms with Crippen molar-refractivity contribution in [1.29, 1.82) is 0 Å². The zero-order valence-electron chi connectivity index (χ0n) is 12.6. The lowest BCUT2D eigenvalue weighted by Crippen LogP contribution is -2.17. The molecule has 1 saturated heterocycles. The van der Waals surface area contributed by atoms with E-state index in [9.17, 15) is 0 Å². The Bertz CT molecular complexity index is 824. The van der Waals surface area contributed by atoms with Crippen molar-refractivity contribution in [2.75, 3.05) is 18.0 Å². The number of aromatic nitrogens is 2. The first-order chi connectivity index (χ1) is 11.3. The summed E-state index contributed by atoms with van der Waals surface area (Å²) < 4.78 is 6.01. The Morgan fingerprint density at radius 3 is 2.43 bits per heavy atom. The van der Waals surface area contributed by atoms with E-state index >= 15 is 0 Å². The number of fused-ring (bicyclic) bond motifs is 1. The van der Waals surface area contributed by atoms with Gasteiger partial charge in [-0.05, 0) is 49.2 Å². The minimum Gasteiger partial charge on any atom is -0.456 e. The third-order valence-electron chi connectivity index (χ3n) is 4.10. The minimum absolute atomic E-state index is 0.402. The van der Waals surface area contributed by atoms with E-state index in [2.05, 4.69) is 27.0 Å². The fourth-order valence-electron chi connectivity index (χ4n) is 2.94. The molecule has 1 aliphatic rings. The molecule has 0 atom stereocenters. The second-order valence-corrected chi connectivity index (χ2v) is 5.95. The summed E-state index contributed by atoms with van der Waals surface area (Å²) >= 11 is 6.20. The van der Waals surface area contributed by atoms with Crippen LogP contribution in [0.15, 0.2) is 48.8 Å². The van der Waals surface area contributed by atoms with Gasteiger partial charge in [0.2, 0.25) is 0 Å². The summed E-state index contributed by atoms with van der Waals surface area (Å²) in [5.41, 5.74) is 2.02. The van der Waals surface area contributed by atoms with E-state index in [4.69, 9.17) is 16.3 Å². The van der Waals surface area contributed by atoms with Crippen LogP contribution < -0.4 is 9.64 Å². The molecule has 1 aromatic carbocycles. The van der Waals surface area contributed by atoms with Gasteiger partial charge in [-0.2, -0.15) is 0 Å². The molecular formula is C18H16ClN3O. The van der Waals surface area contributed by atoms with Gasteiger partial charge in [-0.3, -0.25) is 4.98 Å². The molecule has 0 radical (unpaired) electrons. The third-order valence-corrected chi connectivity index (χ3v) is 4.39. The van der Waals surface area contributed by atoms with E-state index in [0.717, 1.165) is 29.7 Å². The SMILES string of the molecule is Clc1nccc2nccc(Oc3ccc(N4CCCC4)cc3)c12. The summed E-state index contributed by atoms with van der Waals surface area (Å²) in [6, 6.07) is 11.8. The lowest BCUT2D eigenvalue weighted by Gasteiger charge is -2.18. The Hall–Kier alpha value is -2.33. The zero-order chi connectivity index (χ0) is 15.6. The van der Waals surface area contributed by atoms with Crippen LogP contribution >= 0.6 is 11.6 Å². The van der Waals surface area contributed by atoms with E-state index < -0.39 is 0 Å². The van der Waals surface area contributed by atoms with Crippen molar-refractivity contribution in [3.63, 3.8) is 0 Å². The second-order valence-electron chi connectivity index (χ2n) is 5.60. The summed E-state index contributed by atoms with van der Waals surface area (Å²) in [6.45, 7) is 2.27. The number of hydrogen-bond acceptors (Lipinski definition) is 4. The molecule has 2 aromatic heterocycles. The van der Waals surface area contributed by atoms with Gasteiger partial charge in [-0.15, -0.1) is 0 Å². The topological polar surface area (TPSA) is 38.3 Å². The van der Waals surface area contributed by atoms with Gasteiger partial charge in [0.15, 0.2) is 0 Å². The number of anilines is 1. The maximum absolute atomic E-state index is 6.20. The van der Waals surface area contributed by atoms with Crippen LogP contribution in [0, 0.1) is 0 Å². The molecule has 0 saturated carbocycles. The van der Waals surface area contributed by atoms with Gasteiger partial charge in [0.1, 0.15) is 16.7 Å². The molecule has 5 heteroatoms. The van der Waals surface area contributed by atoms with Gasteiger partial charge < -0.3 is 9.64 Å². The van der Waals surface area contributed by atoms with E-state index in [1.807, 2.05) is 24.3 Å². The van der Waals surface area contributed by atoms with E-state index in [-0.39, 0.29) is 0 Å². The minimum atomic E-state index is 0.402. The number of pyridine rings is 2. The normalized spacial score (nSPS) is 14.4. The standard InChI is InChI=1S/C18H16ClN3O/c19-18-17-15(7-9-21-18)20-10-8-16(17)23-14-5-3-13(4-6-14)22-11-1-2-12-22/h3-10H,1-2,11-12H2. The number of halogens is 1. The Labute approximate surface area is 139 Å². The van der Waals surface area contributed by atoms with Crippen molar-refractivity contribution in [3.05, 3.63) is 53.9 Å². The maximum atomic E-state index is 6.20. The molecule has 4 nitrogen and oxygen atoms in total. The molecule has 0 bridgehead atoms. The van der Waals surface area contributed by atoms with Crippen LogP contribution in [0.1, 0.15) is 12.8 Å². The summed E-state index contributed by atoms with van der Waals surface area (Å²) in [6.07, 6.45) is 5.90. The predicted molar refractivity (Wildman–Crippen MR) is 92.5 cm³/mol. The molecular weight excluding hydrogens is 310 g/mol. The number of rotatable bonds is 3. The second kappa shape index (κ2) is 6.05. The lowest BCUT2D eigenvalue weighted by molar-refractivity contribution is 0.488. The molecule has 1 fully saturated rings. The lowest BCUT2D eigenvalue weighted by atomic mass is 10.2. The molecule has 0 unspecified atom stereocenters. The summed E-state index contributed by atoms with van der Waals surface area (Å²) in [7, 11) is 0. The monoisotopic (exact) mass is 325 g/mol. The van der Waals surface area contributed by atoms with E-state index in [1.165, 1.54) is 18.5 Å². The van der Waals surface area contributed by atoms with Gasteiger partial charge in [0.25, 0.3) is 0 Å². The molecule has 0 N–H and O–H groups in total.